The summed E-state index contributed by atoms with van der Waals surface area (Å²) in [6.07, 6.45) is 8.61. The van der Waals surface area contributed by atoms with E-state index in [1.165, 1.54) is 44.6 Å². The molecule has 2 fully saturated rings. The van der Waals surface area contributed by atoms with Gasteiger partial charge in [-0.05, 0) is 54.9 Å². The van der Waals surface area contributed by atoms with Crippen LogP contribution in [-0.4, -0.2) is 23.5 Å². The number of hydrogen-bond acceptors (Lipinski definition) is 2. The third kappa shape index (κ3) is 2.22. The van der Waals surface area contributed by atoms with Gasteiger partial charge in [-0.3, -0.25) is 0 Å². The van der Waals surface area contributed by atoms with Gasteiger partial charge in [0.2, 0.25) is 0 Å². The van der Waals surface area contributed by atoms with Gasteiger partial charge in [0.05, 0.1) is 0 Å². The van der Waals surface area contributed by atoms with Crippen LogP contribution in [0.4, 0.5) is 0 Å². The lowest BCUT2D eigenvalue weighted by Gasteiger charge is -2.46. The molecule has 2 nitrogen and oxygen atoms in total. The van der Waals surface area contributed by atoms with Crippen LogP contribution in [0.5, 0.6) is 0 Å². The monoisotopic (exact) mass is 256 g/mol. The Morgan fingerprint density at radius 3 is 2.18 bits per heavy atom. The van der Waals surface area contributed by atoms with Gasteiger partial charge < -0.3 is 8.85 Å². The van der Waals surface area contributed by atoms with Crippen molar-refractivity contribution in [2.24, 2.45) is 16.7 Å². The second kappa shape index (κ2) is 5.02. The first kappa shape index (κ1) is 13.6. The highest BCUT2D eigenvalue weighted by Gasteiger charge is 2.55. The number of fused-ring (bicyclic) bond motifs is 2. The molecule has 3 heteroatoms. The van der Waals surface area contributed by atoms with E-state index in [4.69, 9.17) is 8.85 Å². The lowest BCUT2D eigenvalue weighted by Crippen LogP contribution is -2.41. The first-order valence-corrected chi connectivity index (χ1v) is 8.91. The van der Waals surface area contributed by atoms with E-state index in [0.717, 1.165) is 5.92 Å². The van der Waals surface area contributed by atoms with Gasteiger partial charge in [-0.25, -0.2) is 0 Å². The normalized spacial score (nSPS) is 35.5. The van der Waals surface area contributed by atoms with E-state index in [9.17, 15) is 0 Å². The lowest BCUT2D eigenvalue weighted by molar-refractivity contribution is 0.0636. The zero-order valence-corrected chi connectivity index (χ0v) is 13.1. The van der Waals surface area contributed by atoms with Crippen molar-refractivity contribution in [2.45, 2.75) is 58.4 Å². The molecule has 0 radical (unpaired) electrons. The smallest absolute Gasteiger partial charge is 0.321 e. The molecule has 0 N–H and O–H groups in total. The predicted molar refractivity (Wildman–Crippen MR) is 73.4 cm³/mol. The van der Waals surface area contributed by atoms with E-state index in [2.05, 4.69) is 13.8 Å². The van der Waals surface area contributed by atoms with Crippen molar-refractivity contribution in [3.8, 4) is 0 Å². The van der Waals surface area contributed by atoms with Crippen molar-refractivity contribution >= 4 is 9.28 Å². The van der Waals surface area contributed by atoms with Crippen LogP contribution < -0.4 is 0 Å². The topological polar surface area (TPSA) is 18.5 Å². The van der Waals surface area contributed by atoms with Gasteiger partial charge in [0, 0.05) is 14.2 Å². The lowest BCUT2D eigenvalue weighted by atomic mass is 9.62. The molecule has 2 aliphatic rings. The minimum Gasteiger partial charge on any atom is -0.400 e. The molecular weight excluding hydrogens is 228 g/mol. The van der Waals surface area contributed by atoms with E-state index < -0.39 is 9.28 Å². The average molecular weight is 256 g/mol. The summed E-state index contributed by atoms with van der Waals surface area (Å²) >= 11 is 0. The zero-order chi connectivity index (χ0) is 12.5. The molecule has 0 aromatic rings. The summed E-state index contributed by atoms with van der Waals surface area (Å²) in [5, 5.41) is 0. The Hall–Kier alpha value is 0.137. The van der Waals surface area contributed by atoms with Crippen molar-refractivity contribution in [1.82, 2.24) is 0 Å². The minimum absolute atomic E-state index is 0.446. The first-order chi connectivity index (χ1) is 8.09. The second-order valence-corrected chi connectivity index (χ2v) is 8.66. The fourth-order valence-electron chi connectivity index (χ4n) is 4.41. The van der Waals surface area contributed by atoms with Crippen LogP contribution >= 0.6 is 0 Å². The van der Waals surface area contributed by atoms with Gasteiger partial charge in [0.1, 0.15) is 0 Å². The highest BCUT2D eigenvalue weighted by atomic mass is 28.3. The zero-order valence-electron chi connectivity index (χ0n) is 11.9. The molecule has 100 valence electrons. The fraction of sp³-hybridized carbons (Fsp3) is 1.00. The third-order valence-electron chi connectivity index (χ3n) is 5.95. The quantitative estimate of drug-likeness (QED) is 0.677. The van der Waals surface area contributed by atoms with Crippen molar-refractivity contribution in [3.63, 3.8) is 0 Å². The maximum Gasteiger partial charge on any atom is 0.321 e. The summed E-state index contributed by atoms with van der Waals surface area (Å²) in [5.41, 5.74) is 1.07. The van der Waals surface area contributed by atoms with Gasteiger partial charge in [0.25, 0.3) is 0 Å². The Morgan fingerprint density at radius 2 is 1.82 bits per heavy atom. The van der Waals surface area contributed by atoms with E-state index in [0.29, 0.717) is 10.8 Å². The van der Waals surface area contributed by atoms with E-state index in [1.54, 1.807) is 0 Å². The minimum atomic E-state index is -1.43. The summed E-state index contributed by atoms with van der Waals surface area (Å²) in [6.45, 7) is 4.86. The fourth-order valence-corrected chi connectivity index (χ4v) is 6.39. The maximum absolute atomic E-state index is 5.58. The van der Waals surface area contributed by atoms with E-state index >= 15 is 0 Å². The van der Waals surface area contributed by atoms with Gasteiger partial charge in [-0.15, -0.1) is 0 Å². The first-order valence-electron chi connectivity index (χ1n) is 7.15. The van der Waals surface area contributed by atoms with Crippen molar-refractivity contribution in [1.29, 1.82) is 0 Å². The summed E-state index contributed by atoms with van der Waals surface area (Å²) in [4.78, 5) is 0. The summed E-state index contributed by atoms with van der Waals surface area (Å²) in [6, 6.07) is 1.18. The molecule has 0 heterocycles. The second-order valence-electron chi connectivity index (χ2n) is 6.45. The summed E-state index contributed by atoms with van der Waals surface area (Å²) < 4.78 is 11.2. The van der Waals surface area contributed by atoms with Gasteiger partial charge in [-0.1, -0.05) is 20.3 Å². The van der Waals surface area contributed by atoms with Crippen LogP contribution in [0, 0.1) is 16.7 Å². The molecule has 2 bridgehead atoms. The van der Waals surface area contributed by atoms with Crippen LogP contribution in [-0.2, 0) is 8.85 Å². The average Bonchev–Trinajstić information content (AvgIpc) is 2.97. The standard InChI is InChI=1S/C14H28O2Si/c1-5-13(2,11-17(15-3)16-4)14-8-6-12(10-14)7-9-14/h12,17H,5-11H2,1-4H3. The van der Waals surface area contributed by atoms with Gasteiger partial charge >= 0.3 is 9.28 Å². The molecule has 1 unspecified atom stereocenters. The third-order valence-corrected chi connectivity index (χ3v) is 8.23. The Labute approximate surface area is 108 Å². The summed E-state index contributed by atoms with van der Waals surface area (Å²) in [7, 11) is 2.21. The van der Waals surface area contributed by atoms with Gasteiger partial charge in [0.15, 0.2) is 0 Å². The molecule has 0 aromatic heterocycles. The molecule has 0 saturated heterocycles. The largest absolute Gasteiger partial charge is 0.400 e. The van der Waals surface area contributed by atoms with Crippen LogP contribution in [0.3, 0.4) is 0 Å². The molecule has 17 heavy (non-hydrogen) atoms. The molecule has 2 saturated carbocycles. The summed E-state index contributed by atoms with van der Waals surface area (Å²) in [5.74, 6) is 1.03. The Kier molecular flexibility index (Phi) is 4.01. The van der Waals surface area contributed by atoms with Crippen molar-refractivity contribution in [2.75, 3.05) is 14.2 Å². The SMILES string of the molecule is CCC(C)(C[SiH](OC)OC)C12CCC(CC1)C2. The van der Waals surface area contributed by atoms with E-state index in [1.807, 2.05) is 14.2 Å². The number of rotatable bonds is 6. The van der Waals surface area contributed by atoms with Gasteiger partial charge in [-0.2, -0.15) is 0 Å². The number of hydrogen-bond donors (Lipinski definition) is 0. The predicted octanol–water partition coefficient (Wildman–Crippen LogP) is 3.50. The van der Waals surface area contributed by atoms with Crippen LogP contribution in [0.1, 0.15) is 52.4 Å². The Morgan fingerprint density at radius 1 is 1.24 bits per heavy atom. The Balaban J connectivity index is 2.13. The molecule has 0 aliphatic heterocycles. The molecule has 2 rings (SSSR count). The maximum atomic E-state index is 5.58. The highest BCUT2D eigenvalue weighted by Crippen LogP contribution is 2.65. The molecule has 0 aromatic carbocycles. The van der Waals surface area contributed by atoms with Crippen LogP contribution in [0.2, 0.25) is 6.04 Å². The highest BCUT2D eigenvalue weighted by molar-refractivity contribution is 6.44. The molecule has 1 atom stereocenters. The van der Waals surface area contributed by atoms with Crippen molar-refractivity contribution < 1.29 is 8.85 Å². The van der Waals surface area contributed by atoms with Crippen LogP contribution in [0.15, 0.2) is 0 Å². The van der Waals surface area contributed by atoms with Crippen LogP contribution in [0.25, 0.3) is 0 Å². The Bertz CT molecular complexity index is 257. The van der Waals surface area contributed by atoms with E-state index in [-0.39, 0.29) is 0 Å². The molecule has 0 spiro atoms. The molecular formula is C14H28O2Si. The van der Waals surface area contributed by atoms with Crippen molar-refractivity contribution in [3.05, 3.63) is 0 Å². The molecule has 0 amide bonds. The molecule has 2 aliphatic carbocycles.